The Kier molecular flexibility index (Phi) is 4.27. The van der Waals surface area contributed by atoms with Gasteiger partial charge in [-0.1, -0.05) is 20.3 Å². The predicted molar refractivity (Wildman–Crippen MR) is 79.7 cm³/mol. The van der Waals surface area contributed by atoms with Crippen molar-refractivity contribution < 1.29 is 8.42 Å². The quantitative estimate of drug-likeness (QED) is 0.870. The largest absolute Gasteiger partial charge is 0.349 e. The Morgan fingerprint density at radius 3 is 2.65 bits per heavy atom. The smallest absolute Gasteiger partial charge is 0.242 e. The van der Waals surface area contributed by atoms with E-state index in [1.165, 1.54) is 0 Å². The molecule has 1 aromatic heterocycles. The number of nitrogens with one attached hydrogen (secondary N) is 1. The zero-order valence-electron chi connectivity index (χ0n) is 12.5. The molecular formula is C14H25N3O2S. The van der Waals surface area contributed by atoms with Crippen molar-refractivity contribution in [3.63, 3.8) is 0 Å². The highest BCUT2D eigenvalue weighted by Crippen LogP contribution is 2.38. The van der Waals surface area contributed by atoms with Crippen LogP contribution in [0.5, 0.6) is 0 Å². The molecule has 20 heavy (non-hydrogen) atoms. The molecule has 1 unspecified atom stereocenters. The summed E-state index contributed by atoms with van der Waals surface area (Å²) in [7, 11) is -3.46. The normalized spacial score (nSPS) is 22.3. The molecule has 1 atom stereocenters. The Bertz CT molecular complexity index is 554. The zero-order valence-corrected chi connectivity index (χ0v) is 13.3. The van der Waals surface area contributed by atoms with Gasteiger partial charge in [0.05, 0.1) is 4.90 Å². The third kappa shape index (κ3) is 2.92. The lowest BCUT2D eigenvalue weighted by Gasteiger charge is -2.27. The fraction of sp³-hybridized carbons (Fsp3) is 0.714. The first-order valence-corrected chi connectivity index (χ1v) is 8.70. The Morgan fingerprint density at radius 2 is 2.20 bits per heavy atom. The van der Waals surface area contributed by atoms with Crippen LogP contribution in [-0.4, -0.2) is 19.0 Å². The molecule has 1 fully saturated rings. The van der Waals surface area contributed by atoms with E-state index in [4.69, 9.17) is 5.73 Å². The van der Waals surface area contributed by atoms with E-state index in [1.807, 2.05) is 11.5 Å². The molecule has 0 amide bonds. The highest BCUT2D eigenvalue weighted by Gasteiger charge is 2.37. The molecule has 0 bridgehead atoms. The fourth-order valence-electron chi connectivity index (χ4n) is 2.94. The molecule has 0 aliphatic heterocycles. The van der Waals surface area contributed by atoms with Crippen molar-refractivity contribution in [1.82, 2.24) is 9.29 Å². The Labute approximate surface area is 121 Å². The first-order chi connectivity index (χ1) is 9.30. The Balaban J connectivity index is 2.24. The number of nitrogens with two attached hydrogens (primary N) is 1. The van der Waals surface area contributed by atoms with Crippen molar-refractivity contribution in [2.24, 2.45) is 11.1 Å². The zero-order chi connectivity index (χ0) is 15.0. The molecule has 1 aromatic rings. The van der Waals surface area contributed by atoms with E-state index >= 15 is 0 Å². The summed E-state index contributed by atoms with van der Waals surface area (Å²) in [5.41, 5.74) is 6.52. The summed E-state index contributed by atoms with van der Waals surface area (Å²) in [6.45, 7) is 7.28. The number of aryl methyl sites for hydroxylation is 1. The van der Waals surface area contributed by atoms with Gasteiger partial charge in [0.1, 0.15) is 0 Å². The number of rotatable bonds is 5. The van der Waals surface area contributed by atoms with Crippen molar-refractivity contribution in [1.29, 1.82) is 0 Å². The molecule has 5 nitrogen and oxygen atoms in total. The first-order valence-electron chi connectivity index (χ1n) is 7.21. The Hall–Kier alpha value is -0.850. The van der Waals surface area contributed by atoms with Gasteiger partial charge in [-0.2, -0.15) is 0 Å². The third-order valence-electron chi connectivity index (χ3n) is 4.38. The predicted octanol–water partition coefficient (Wildman–Crippen LogP) is 1.82. The van der Waals surface area contributed by atoms with E-state index in [0.29, 0.717) is 11.4 Å². The molecule has 1 aliphatic rings. The van der Waals surface area contributed by atoms with Crippen LogP contribution in [0.2, 0.25) is 0 Å². The van der Waals surface area contributed by atoms with Gasteiger partial charge in [-0.05, 0) is 31.2 Å². The third-order valence-corrected chi connectivity index (χ3v) is 5.81. The Morgan fingerprint density at radius 1 is 1.50 bits per heavy atom. The van der Waals surface area contributed by atoms with Crippen LogP contribution in [0.3, 0.4) is 0 Å². The van der Waals surface area contributed by atoms with Gasteiger partial charge in [-0.25, -0.2) is 13.1 Å². The maximum atomic E-state index is 12.5. The summed E-state index contributed by atoms with van der Waals surface area (Å²) in [6.07, 6.45) is 4.71. The summed E-state index contributed by atoms with van der Waals surface area (Å²) >= 11 is 0. The van der Waals surface area contributed by atoms with Gasteiger partial charge in [0.2, 0.25) is 10.0 Å². The van der Waals surface area contributed by atoms with E-state index in [-0.39, 0.29) is 11.5 Å². The van der Waals surface area contributed by atoms with Crippen LogP contribution in [-0.2, 0) is 23.1 Å². The highest BCUT2D eigenvalue weighted by molar-refractivity contribution is 7.89. The maximum Gasteiger partial charge on any atom is 0.242 e. The molecule has 1 heterocycles. The van der Waals surface area contributed by atoms with Gasteiger partial charge >= 0.3 is 0 Å². The average molecular weight is 299 g/mol. The van der Waals surface area contributed by atoms with E-state index in [1.54, 1.807) is 12.3 Å². The number of hydrogen-bond donors (Lipinski definition) is 2. The number of aromatic nitrogens is 1. The molecule has 3 N–H and O–H groups in total. The average Bonchev–Trinajstić information content (AvgIpc) is 2.93. The van der Waals surface area contributed by atoms with Crippen LogP contribution in [0.4, 0.5) is 0 Å². The van der Waals surface area contributed by atoms with Crippen LogP contribution in [0.25, 0.3) is 0 Å². The SMILES string of the molecule is CCn1cc(S(=O)(=O)NC2CCCC2(C)C)cc1CN. The molecule has 1 saturated carbocycles. The highest BCUT2D eigenvalue weighted by atomic mass is 32.2. The van der Waals surface area contributed by atoms with Gasteiger partial charge < -0.3 is 10.3 Å². The van der Waals surface area contributed by atoms with Gasteiger partial charge in [-0.3, -0.25) is 0 Å². The molecule has 0 saturated heterocycles. The number of sulfonamides is 1. The topological polar surface area (TPSA) is 77.1 Å². The van der Waals surface area contributed by atoms with Gasteiger partial charge in [0.15, 0.2) is 0 Å². The summed E-state index contributed by atoms with van der Waals surface area (Å²) in [6, 6.07) is 1.69. The molecule has 6 heteroatoms. The van der Waals surface area contributed by atoms with Crippen LogP contribution < -0.4 is 10.5 Å². The van der Waals surface area contributed by atoms with Crippen LogP contribution in [0.15, 0.2) is 17.2 Å². The standard InChI is InChI=1S/C14H25N3O2S/c1-4-17-10-12(8-11(17)9-15)20(18,19)16-13-6-5-7-14(13,2)3/h8,10,13,16H,4-7,9,15H2,1-3H3. The first kappa shape index (κ1) is 15.5. The monoisotopic (exact) mass is 299 g/mol. The molecule has 1 aliphatic carbocycles. The fourth-order valence-corrected chi connectivity index (χ4v) is 4.44. The minimum absolute atomic E-state index is 0.0128. The number of nitrogens with zero attached hydrogens (tertiary/aromatic N) is 1. The van der Waals surface area contributed by atoms with Crippen molar-refractivity contribution >= 4 is 10.0 Å². The van der Waals surface area contributed by atoms with Gasteiger partial charge in [0.25, 0.3) is 0 Å². The summed E-state index contributed by atoms with van der Waals surface area (Å²) in [4.78, 5) is 0.322. The van der Waals surface area contributed by atoms with Crippen molar-refractivity contribution in [3.8, 4) is 0 Å². The lowest BCUT2D eigenvalue weighted by molar-refractivity contribution is 0.313. The summed E-state index contributed by atoms with van der Waals surface area (Å²) in [5.74, 6) is 0. The lowest BCUT2D eigenvalue weighted by atomic mass is 9.88. The summed E-state index contributed by atoms with van der Waals surface area (Å²) < 4.78 is 29.8. The molecule has 0 spiro atoms. The van der Waals surface area contributed by atoms with Crippen LogP contribution in [0, 0.1) is 5.41 Å². The number of hydrogen-bond acceptors (Lipinski definition) is 3. The molecule has 114 valence electrons. The maximum absolute atomic E-state index is 12.5. The van der Waals surface area contributed by atoms with Crippen molar-refractivity contribution in [2.75, 3.05) is 0 Å². The summed E-state index contributed by atoms with van der Waals surface area (Å²) in [5, 5.41) is 0. The molecule has 0 aromatic carbocycles. The van der Waals surface area contributed by atoms with Crippen molar-refractivity contribution in [2.45, 2.75) is 64.1 Å². The van der Waals surface area contributed by atoms with Crippen LogP contribution in [0.1, 0.15) is 45.7 Å². The molecular weight excluding hydrogens is 274 g/mol. The second-order valence-corrected chi connectivity index (χ2v) is 7.93. The van der Waals surface area contributed by atoms with Crippen LogP contribution >= 0.6 is 0 Å². The minimum Gasteiger partial charge on any atom is -0.349 e. The van der Waals surface area contributed by atoms with Gasteiger partial charge in [0, 0.05) is 31.0 Å². The van der Waals surface area contributed by atoms with E-state index < -0.39 is 10.0 Å². The second kappa shape index (κ2) is 5.50. The van der Waals surface area contributed by atoms with Gasteiger partial charge in [-0.15, -0.1) is 0 Å². The molecule has 0 radical (unpaired) electrons. The second-order valence-electron chi connectivity index (χ2n) is 6.21. The van der Waals surface area contributed by atoms with E-state index in [2.05, 4.69) is 18.6 Å². The van der Waals surface area contributed by atoms with Crippen molar-refractivity contribution in [3.05, 3.63) is 18.0 Å². The van der Waals surface area contributed by atoms with E-state index in [0.717, 1.165) is 31.5 Å². The van der Waals surface area contributed by atoms with E-state index in [9.17, 15) is 8.42 Å². The molecule has 2 rings (SSSR count). The lowest BCUT2D eigenvalue weighted by Crippen LogP contribution is -2.41. The minimum atomic E-state index is -3.46.